The van der Waals surface area contributed by atoms with E-state index in [9.17, 15) is 5.26 Å². The van der Waals surface area contributed by atoms with Crippen molar-refractivity contribution >= 4 is 0 Å². The van der Waals surface area contributed by atoms with Gasteiger partial charge in [0, 0.05) is 0 Å². The minimum atomic E-state index is -0.430. The number of hydrogen-bond acceptors (Lipinski definition) is 1. The summed E-state index contributed by atoms with van der Waals surface area (Å²) in [5.41, 5.74) is 14.1. The molecule has 0 N–H and O–H groups in total. The lowest BCUT2D eigenvalue weighted by Gasteiger charge is -2.31. The van der Waals surface area contributed by atoms with Gasteiger partial charge in [-0.15, -0.1) is 0 Å². The van der Waals surface area contributed by atoms with Crippen molar-refractivity contribution in [2.75, 3.05) is 0 Å². The molecule has 1 atom stereocenters. The predicted octanol–water partition coefficient (Wildman–Crippen LogP) is 7.88. The smallest absolute Gasteiger partial charge is 0.0991 e. The molecule has 2 aliphatic rings. The van der Waals surface area contributed by atoms with Crippen LogP contribution in [-0.4, -0.2) is 0 Å². The fourth-order valence-electron chi connectivity index (χ4n) is 6.18. The Morgan fingerprint density at radius 2 is 1.15 bits per heavy atom. The summed E-state index contributed by atoms with van der Waals surface area (Å²) in [5.74, 6) is 0. The van der Waals surface area contributed by atoms with Crippen LogP contribution in [0.3, 0.4) is 0 Å². The molecule has 0 saturated carbocycles. The molecule has 1 nitrogen and oxygen atoms in total. The molecule has 0 aromatic heterocycles. The minimum Gasteiger partial charge on any atom is -0.192 e. The van der Waals surface area contributed by atoms with Crippen LogP contribution < -0.4 is 0 Å². The number of aryl methyl sites for hydroxylation is 1. The second-order valence-electron chi connectivity index (χ2n) is 9.34. The number of benzene rings is 5. The molecule has 0 fully saturated rings. The van der Waals surface area contributed by atoms with Crippen LogP contribution >= 0.6 is 0 Å². The summed E-state index contributed by atoms with van der Waals surface area (Å²) in [6.07, 6.45) is 0. The highest BCUT2D eigenvalue weighted by molar-refractivity contribution is 5.96. The molecular weight excluding hydrogens is 410 g/mol. The summed E-state index contributed by atoms with van der Waals surface area (Å²) in [6.45, 7) is 2.17. The maximum atomic E-state index is 9.79. The van der Waals surface area contributed by atoms with E-state index in [0.29, 0.717) is 5.56 Å². The molecule has 158 valence electrons. The second kappa shape index (κ2) is 6.80. The van der Waals surface area contributed by atoms with Gasteiger partial charge < -0.3 is 0 Å². The topological polar surface area (TPSA) is 23.8 Å². The van der Waals surface area contributed by atoms with Crippen molar-refractivity contribution in [1.29, 1.82) is 5.26 Å². The van der Waals surface area contributed by atoms with Gasteiger partial charge >= 0.3 is 0 Å². The van der Waals surface area contributed by atoms with Gasteiger partial charge in [0.25, 0.3) is 0 Å². The van der Waals surface area contributed by atoms with E-state index in [1.165, 1.54) is 61.2 Å². The molecule has 1 heteroatoms. The Hall–Kier alpha value is -4.41. The quantitative estimate of drug-likeness (QED) is 0.259. The first kappa shape index (κ1) is 19.1. The molecule has 0 saturated heterocycles. The minimum absolute atomic E-state index is 0.430. The summed E-state index contributed by atoms with van der Waals surface area (Å²) in [4.78, 5) is 0. The molecule has 0 heterocycles. The Kier molecular flexibility index (Phi) is 3.82. The number of nitrogens with zero attached hydrogens (tertiary/aromatic N) is 1. The van der Waals surface area contributed by atoms with Crippen LogP contribution in [0.1, 0.15) is 33.4 Å². The average molecular weight is 432 g/mol. The third-order valence-electron chi connectivity index (χ3n) is 7.57. The number of rotatable bonds is 1. The Morgan fingerprint density at radius 3 is 1.94 bits per heavy atom. The van der Waals surface area contributed by atoms with Crippen molar-refractivity contribution in [1.82, 2.24) is 0 Å². The van der Waals surface area contributed by atoms with Crippen molar-refractivity contribution in [3.63, 3.8) is 0 Å². The first-order valence-electron chi connectivity index (χ1n) is 11.7. The molecule has 7 rings (SSSR count). The molecule has 34 heavy (non-hydrogen) atoms. The van der Waals surface area contributed by atoms with Crippen molar-refractivity contribution in [2.45, 2.75) is 12.3 Å². The van der Waals surface area contributed by atoms with Gasteiger partial charge in [0.15, 0.2) is 0 Å². The van der Waals surface area contributed by atoms with Gasteiger partial charge in [0.05, 0.1) is 17.0 Å². The van der Waals surface area contributed by atoms with Crippen molar-refractivity contribution in [2.24, 2.45) is 0 Å². The monoisotopic (exact) mass is 431 g/mol. The SMILES string of the molecule is Cc1ccc2c(c1)C1(c3ccccc3-c3ccc(C#N)cc31)c1cc(-c3ccccc3)ccc1-2. The van der Waals surface area contributed by atoms with Crippen molar-refractivity contribution in [3.8, 4) is 39.4 Å². The molecule has 0 amide bonds. The molecule has 0 radical (unpaired) electrons. The van der Waals surface area contributed by atoms with E-state index in [1.54, 1.807) is 0 Å². The molecule has 1 spiro atoms. The van der Waals surface area contributed by atoms with E-state index in [1.807, 2.05) is 6.07 Å². The van der Waals surface area contributed by atoms with Gasteiger partial charge in [-0.2, -0.15) is 5.26 Å². The van der Waals surface area contributed by atoms with Crippen LogP contribution in [0.4, 0.5) is 0 Å². The molecule has 2 aliphatic carbocycles. The Bertz CT molecular complexity index is 1670. The number of fused-ring (bicyclic) bond motifs is 10. The summed E-state index contributed by atoms with van der Waals surface area (Å²) < 4.78 is 0. The zero-order valence-electron chi connectivity index (χ0n) is 18.8. The van der Waals surface area contributed by atoms with Crippen molar-refractivity contribution in [3.05, 3.63) is 143 Å². The van der Waals surface area contributed by atoms with Gasteiger partial charge in [-0.1, -0.05) is 96.6 Å². The van der Waals surface area contributed by atoms with Crippen LogP contribution in [0.25, 0.3) is 33.4 Å². The maximum absolute atomic E-state index is 9.79. The van der Waals surface area contributed by atoms with Crippen LogP contribution in [0, 0.1) is 18.3 Å². The molecule has 5 aromatic rings. The van der Waals surface area contributed by atoms with Gasteiger partial charge in [-0.3, -0.25) is 0 Å². The zero-order chi connectivity index (χ0) is 22.9. The lowest BCUT2D eigenvalue weighted by Crippen LogP contribution is -2.26. The Labute approximate surface area is 199 Å². The molecule has 5 aromatic carbocycles. The second-order valence-corrected chi connectivity index (χ2v) is 9.34. The van der Waals surface area contributed by atoms with Gasteiger partial charge in [0.2, 0.25) is 0 Å². The molecular formula is C33H21N. The first-order valence-corrected chi connectivity index (χ1v) is 11.7. The van der Waals surface area contributed by atoms with E-state index >= 15 is 0 Å². The first-order chi connectivity index (χ1) is 16.7. The molecule has 0 bridgehead atoms. The van der Waals surface area contributed by atoms with E-state index in [4.69, 9.17) is 0 Å². The van der Waals surface area contributed by atoms with Gasteiger partial charge in [0.1, 0.15) is 0 Å². The van der Waals surface area contributed by atoms with E-state index < -0.39 is 5.41 Å². The normalized spacial score (nSPS) is 16.5. The highest BCUT2D eigenvalue weighted by Crippen LogP contribution is 2.63. The Balaban J connectivity index is 1.66. The summed E-state index contributed by atoms with van der Waals surface area (Å²) in [6, 6.07) is 41.7. The van der Waals surface area contributed by atoms with Crippen LogP contribution in [-0.2, 0) is 5.41 Å². The van der Waals surface area contributed by atoms with E-state index in [0.717, 1.165) is 0 Å². The highest BCUT2D eigenvalue weighted by Gasteiger charge is 2.51. The lowest BCUT2D eigenvalue weighted by atomic mass is 9.70. The third-order valence-corrected chi connectivity index (χ3v) is 7.57. The standard InChI is InChI=1S/C33H21N/c1-21-11-14-26-28-16-13-24(23-7-3-2-4-8-23)19-32(28)33(30(26)17-21)29-10-6-5-9-25(29)27-15-12-22(20-34)18-31(27)33/h2-19H,1H3. The zero-order valence-corrected chi connectivity index (χ0v) is 18.8. The predicted molar refractivity (Wildman–Crippen MR) is 138 cm³/mol. The number of nitriles is 1. The molecule has 0 aliphatic heterocycles. The number of hydrogen-bond donors (Lipinski definition) is 0. The third kappa shape index (κ3) is 2.33. The molecule has 1 unspecified atom stereocenters. The Morgan fingerprint density at radius 1 is 0.529 bits per heavy atom. The van der Waals surface area contributed by atoms with Crippen LogP contribution in [0.5, 0.6) is 0 Å². The van der Waals surface area contributed by atoms with Gasteiger partial charge in [-0.05, 0) is 80.8 Å². The van der Waals surface area contributed by atoms with Crippen LogP contribution in [0.2, 0.25) is 0 Å². The fraction of sp³-hybridized carbons (Fsp3) is 0.0606. The lowest BCUT2D eigenvalue weighted by molar-refractivity contribution is 0.792. The summed E-state index contributed by atoms with van der Waals surface area (Å²) in [7, 11) is 0. The largest absolute Gasteiger partial charge is 0.192 e. The van der Waals surface area contributed by atoms with Gasteiger partial charge in [-0.25, -0.2) is 0 Å². The van der Waals surface area contributed by atoms with E-state index in [2.05, 4.69) is 116 Å². The average Bonchev–Trinajstić information content (AvgIpc) is 3.35. The van der Waals surface area contributed by atoms with Crippen molar-refractivity contribution < 1.29 is 0 Å². The maximum Gasteiger partial charge on any atom is 0.0991 e. The summed E-state index contributed by atoms with van der Waals surface area (Å²) in [5, 5.41) is 9.79. The fourth-order valence-corrected chi connectivity index (χ4v) is 6.18. The highest BCUT2D eigenvalue weighted by atomic mass is 14.5. The van der Waals surface area contributed by atoms with Crippen LogP contribution in [0.15, 0.2) is 109 Å². The summed E-state index contributed by atoms with van der Waals surface area (Å²) >= 11 is 0. The van der Waals surface area contributed by atoms with E-state index in [-0.39, 0.29) is 0 Å².